The van der Waals surface area contributed by atoms with Crippen LogP contribution in [0, 0.1) is 20.8 Å². The third-order valence-electron chi connectivity index (χ3n) is 9.99. The fourth-order valence-electron chi connectivity index (χ4n) is 7.77. The molecule has 4 heterocycles. The van der Waals surface area contributed by atoms with Gasteiger partial charge in [0.15, 0.2) is 11.5 Å². The topological polar surface area (TPSA) is 115 Å². The van der Waals surface area contributed by atoms with Crippen molar-refractivity contribution in [2.24, 2.45) is 0 Å². The molecule has 0 spiro atoms. The van der Waals surface area contributed by atoms with Gasteiger partial charge >= 0.3 is 0 Å². The maximum Gasteiger partial charge on any atom is 0.231 e. The number of ether oxygens (including phenoxy) is 2. The standard InChI is InChI=1S/C33H37N3O6/c1-16-10-20-12-23-33(40)36-22(28(35(23)4)26(20)30(39)17(16)2)13-21-27(32-31(41-15-42-32)18(3)29(21)38)24(36)14-34-25(37)11-19-8-6-5-7-9-19/h5-10,22-24,28,33,38-40H,11-15H2,1-4H3,(H,34,37)/t22?,23-,24-,28+,33-/m0/s1. The largest absolute Gasteiger partial charge is 0.507 e. The summed E-state index contributed by atoms with van der Waals surface area (Å²) in [7, 11) is 2.00. The van der Waals surface area contributed by atoms with Crippen molar-refractivity contribution in [1.29, 1.82) is 0 Å². The highest BCUT2D eigenvalue weighted by atomic mass is 16.7. The number of aromatic hydroxyl groups is 2. The van der Waals surface area contributed by atoms with E-state index in [1.807, 2.05) is 58.2 Å². The quantitative estimate of drug-likeness (QED) is 0.377. The Morgan fingerprint density at radius 3 is 2.48 bits per heavy atom. The maximum atomic E-state index is 13.2. The predicted molar refractivity (Wildman–Crippen MR) is 156 cm³/mol. The molecule has 7 rings (SSSR count). The van der Waals surface area contributed by atoms with Crippen LogP contribution in [0.3, 0.4) is 0 Å². The van der Waals surface area contributed by atoms with Crippen molar-refractivity contribution in [3.63, 3.8) is 0 Å². The highest BCUT2D eigenvalue weighted by Gasteiger charge is 2.56. The number of rotatable bonds is 4. The molecule has 4 N–H and O–H groups in total. The van der Waals surface area contributed by atoms with Gasteiger partial charge in [-0.2, -0.15) is 0 Å². The van der Waals surface area contributed by atoms with Crippen LogP contribution in [-0.4, -0.2) is 69.7 Å². The molecule has 4 aliphatic rings. The lowest BCUT2D eigenvalue weighted by molar-refractivity contribution is -0.172. The van der Waals surface area contributed by atoms with Gasteiger partial charge < -0.3 is 30.1 Å². The fourth-order valence-corrected chi connectivity index (χ4v) is 7.77. The number of phenolic OH excluding ortho intramolecular Hbond substituents is 2. The Hall–Kier alpha value is -3.79. The minimum atomic E-state index is -0.862. The number of aliphatic hydroxyl groups is 1. The number of carbonyl (C=O) groups is 1. The zero-order valence-corrected chi connectivity index (χ0v) is 24.3. The molecule has 9 nitrogen and oxygen atoms in total. The summed E-state index contributed by atoms with van der Waals surface area (Å²) in [4.78, 5) is 17.4. The van der Waals surface area contributed by atoms with Crippen molar-refractivity contribution in [1.82, 2.24) is 15.1 Å². The van der Waals surface area contributed by atoms with Gasteiger partial charge in [0.05, 0.1) is 24.5 Å². The number of amides is 1. The number of nitrogens with one attached hydrogen (secondary N) is 1. The number of carbonyl (C=O) groups excluding carboxylic acids is 1. The summed E-state index contributed by atoms with van der Waals surface area (Å²) in [6, 6.07) is 10.5. The first-order valence-electron chi connectivity index (χ1n) is 14.6. The Morgan fingerprint density at radius 1 is 0.976 bits per heavy atom. The number of aliphatic hydroxyl groups excluding tert-OH is 1. The SMILES string of the molecule is Cc1cc2c(c(O)c1C)[C@H]1C3Cc4c(O)c(C)c5c(c4[C@H](CNC(=O)Cc4ccccc4)N3[C@@H](O)[C@H](C2)N1C)OCO5. The normalized spacial score (nSPS) is 25.9. The van der Waals surface area contributed by atoms with Crippen molar-refractivity contribution in [2.45, 2.75) is 70.4 Å². The molecule has 0 aromatic heterocycles. The van der Waals surface area contributed by atoms with Gasteiger partial charge in [-0.05, 0) is 62.9 Å². The van der Waals surface area contributed by atoms with E-state index in [4.69, 9.17) is 9.47 Å². The molecule has 3 aromatic rings. The molecule has 0 aliphatic carbocycles. The van der Waals surface area contributed by atoms with Crippen LogP contribution in [0.2, 0.25) is 0 Å². The summed E-state index contributed by atoms with van der Waals surface area (Å²) in [5.74, 6) is 1.37. The maximum absolute atomic E-state index is 13.2. The summed E-state index contributed by atoms with van der Waals surface area (Å²) in [5, 5.41) is 38.1. The van der Waals surface area contributed by atoms with Crippen LogP contribution in [0.1, 0.15) is 56.6 Å². The Kier molecular flexibility index (Phi) is 6.38. The van der Waals surface area contributed by atoms with Gasteiger partial charge in [-0.25, -0.2) is 0 Å². The number of likely N-dealkylation sites (N-methyl/N-ethyl adjacent to an activating group) is 1. The number of hydrogen-bond donors (Lipinski definition) is 4. The van der Waals surface area contributed by atoms with E-state index < -0.39 is 12.3 Å². The number of nitrogens with zero attached hydrogens (tertiary/aromatic N) is 2. The van der Waals surface area contributed by atoms with Crippen LogP contribution in [0.5, 0.6) is 23.0 Å². The molecule has 220 valence electrons. The van der Waals surface area contributed by atoms with Gasteiger partial charge in [0.1, 0.15) is 17.7 Å². The molecule has 4 aliphatic heterocycles. The third-order valence-corrected chi connectivity index (χ3v) is 9.99. The number of piperazine rings is 1. The van der Waals surface area contributed by atoms with E-state index >= 15 is 0 Å². The lowest BCUT2D eigenvalue weighted by Crippen LogP contribution is -2.69. The average molecular weight is 572 g/mol. The van der Waals surface area contributed by atoms with E-state index in [1.54, 1.807) is 0 Å². The highest BCUT2D eigenvalue weighted by molar-refractivity contribution is 5.78. The lowest BCUT2D eigenvalue weighted by Gasteiger charge is -2.60. The van der Waals surface area contributed by atoms with E-state index in [2.05, 4.69) is 21.2 Å². The molecule has 0 saturated carbocycles. The monoisotopic (exact) mass is 571 g/mol. The first-order chi connectivity index (χ1) is 20.2. The Labute approximate surface area is 245 Å². The third kappa shape index (κ3) is 3.91. The van der Waals surface area contributed by atoms with Crippen LogP contribution < -0.4 is 14.8 Å². The number of phenols is 2. The van der Waals surface area contributed by atoms with E-state index in [-0.39, 0.29) is 49.5 Å². The molecule has 5 atom stereocenters. The second-order valence-corrected chi connectivity index (χ2v) is 12.2. The molecule has 0 radical (unpaired) electrons. The van der Waals surface area contributed by atoms with Gasteiger partial charge in [-0.15, -0.1) is 0 Å². The van der Waals surface area contributed by atoms with Crippen molar-refractivity contribution >= 4 is 5.91 Å². The van der Waals surface area contributed by atoms with Crippen LogP contribution >= 0.6 is 0 Å². The summed E-state index contributed by atoms with van der Waals surface area (Å²) in [5.41, 5.74) is 6.80. The number of aryl methyl sites for hydroxylation is 1. The van der Waals surface area contributed by atoms with E-state index in [0.717, 1.165) is 38.9 Å². The molecule has 42 heavy (non-hydrogen) atoms. The van der Waals surface area contributed by atoms with E-state index in [9.17, 15) is 20.1 Å². The van der Waals surface area contributed by atoms with Gasteiger partial charge in [-0.3, -0.25) is 14.6 Å². The second-order valence-electron chi connectivity index (χ2n) is 12.2. The lowest BCUT2D eigenvalue weighted by atomic mass is 9.73. The summed E-state index contributed by atoms with van der Waals surface area (Å²) < 4.78 is 11.8. The minimum Gasteiger partial charge on any atom is -0.507 e. The molecular formula is C33H37N3O6. The smallest absolute Gasteiger partial charge is 0.231 e. The zero-order valence-electron chi connectivity index (χ0n) is 24.3. The van der Waals surface area contributed by atoms with Crippen molar-refractivity contribution in [2.75, 3.05) is 20.4 Å². The average Bonchev–Trinajstić information content (AvgIpc) is 3.47. The molecular weight excluding hydrogens is 534 g/mol. The van der Waals surface area contributed by atoms with E-state index in [0.29, 0.717) is 35.7 Å². The molecule has 1 amide bonds. The van der Waals surface area contributed by atoms with E-state index in [1.165, 1.54) is 0 Å². The predicted octanol–water partition coefficient (Wildman–Crippen LogP) is 3.31. The summed E-state index contributed by atoms with van der Waals surface area (Å²) in [6.45, 7) is 6.00. The fraction of sp³-hybridized carbons (Fsp3) is 0.424. The summed E-state index contributed by atoms with van der Waals surface area (Å²) in [6.07, 6.45) is 0.381. The molecule has 9 heteroatoms. The Balaban J connectivity index is 1.35. The first kappa shape index (κ1) is 27.1. The number of fused-ring (bicyclic) bond motifs is 9. The molecule has 2 bridgehead atoms. The van der Waals surface area contributed by atoms with Crippen molar-refractivity contribution in [3.8, 4) is 23.0 Å². The van der Waals surface area contributed by atoms with Crippen LogP contribution in [0.25, 0.3) is 0 Å². The molecule has 1 unspecified atom stereocenters. The molecule has 1 fully saturated rings. The van der Waals surface area contributed by atoms with Crippen molar-refractivity contribution in [3.05, 3.63) is 80.9 Å². The summed E-state index contributed by atoms with van der Waals surface area (Å²) >= 11 is 0. The number of benzene rings is 3. The van der Waals surface area contributed by atoms with Gasteiger partial charge in [0, 0.05) is 34.8 Å². The van der Waals surface area contributed by atoms with Gasteiger partial charge in [0.25, 0.3) is 0 Å². The van der Waals surface area contributed by atoms with Crippen molar-refractivity contribution < 1.29 is 29.6 Å². The zero-order chi connectivity index (χ0) is 29.4. The number of hydrogen-bond acceptors (Lipinski definition) is 8. The van der Waals surface area contributed by atoms with Crippen LogP contribution in [0.15, 0.2) is 36.4 Å². The Morgan fingerprint density at radius 2 is 1.71 bits per heavy atom. The minimum absolute atomic E-state index is 0.0407. The second kappa shape index (κ2) is 9.90. The Bertz CT molecular complexity index is 1590. The van der Waals surface area contributed by atoms with Crippen LogP contribution in [0.4, 0.5) is 0 Å². The molecule has 3 aromatic carbocycles. The highest BCUT2D eigenvalue weighted by Crippen LogP contribution is 2.57. The molecule has 1 saturated heterocycles. The first-order valence-corrected chi connectivity index (χ1v) is 14.6. The van der Waals surface area contributed by atoms with Gasteiger partial charge in [-0.1, -0.05) is 36.4 Å². The van der Waals surface area contributed by atoms with Crippen LogP contribution in [-0.2, 0) is 24.1 Å². The van der Waals surface area contributed by atoms with Gasteiger partial charge in [0.2, 0.25) is 12.7 Å².